The normalized spacial score (nSPS) is 14.2. The van der Waals surface area contributed by atoms with Gasteiger partial charge in [-0.25, -0.2) is 0 Å². The second-order valence-electron chi connectivity index (χ2n) is 3.79. The lowest BCUT2D eigenvalue weighted by Gasteiger charge is -2.17. The molecule has 0 amide bonds. The summed E-state index contributed by atoms with van der Waals surface area (Å²) in [6.07, 6.45) is 0. The molecule has 0 heterocycles. The Morgan fingerprint density at radius 1 is 1.38 bits per heavy atom. The zero-order valence-corrected chi connectivity index (χ0v) is 10.2. The fraction of sp³-hybridized carbons (Fsp3) is 0.364. The van der Waals surface area contributed by atoms with E-state index in [1.54, 1.807) is 0 Å². The minimum Gasteiger partial charge on any atom is -0.480 e. The molecule has 0 aromatic heterocycles. The summed E-state index contributed by atoms with van der Waals surface area (Å²) >= 11 is 4.22. The summed E-state index contributed by atoms with van der Waals surface area (Å²) in [4.78, 5) is 12.7. The molecule has 0 aliphatic carbocycles. The monoisotopic (exact) mass is 240 g/mol. The van der Waals surface area contributed by atoms with Gasteiger partial charge in [-0.05, 0) is 17.7 Å². The third-order valence-electron chi connectivity index (χ3n) is 2.38. The van der Waals surface area contributed by atoms with Crippen molar-refractivity contribution < 1.29 is 9.90 Å². The van der Waals surface area contributed by atoms with Crippen molar-refractivity contribution in [3.05, 3.63) is 29.8 Å². The Morgan fingerprint density at radius 3 is 2.25 bits per heavy atom. The second kappa shape index (κ2) is 5.23. The van der Waals surface area contributed by atoms with Crippen LogP contribution in [-0.4, -0.2) is 31.2 Å². The number of nitrogens with zero attached hydrogens (tertiary/aromatic N) is 1. The van der Waals surface area contributed by atoms with Gasteiger partial charge in [0.2, 0.25) is 0 Å². The predicted octanol–water partition coefficient (Wildman–Crippen LogP) is 1.14. The third kappa shape index (κ3) is 2.90. The van der Waals surface area contributed by atoms with Crippen molar-refractivity contribution in [3.63, 3.8) is 0 Å². The van der Waals surface area contributed by atoms with Gasteiger partial charge < -0.3 is 15.7 Å². The van der Waals surface area contributed by atoms with Gasteiger partial charge in [-0.2, -0.15) is 12.6 Å². The number of anilines is 1. The average Bonchev–Trinajstić information content (AvgIpc) is 2.27. The van der Waals surface area contributed by atoms with Crippen LogP contribution in [0.2, 0.25) is 0 Å². The minimum atomic E-state index is -1.04. The van der Waals surface area contributed by atoms with Gasteiger partial charge >= 0.3 is 5.97 Å². The van der Waals surface area contributed by atoms with Crippen molar-refractivity contribution in [2.45, 2.75) is 11.3 Å². The number of rotatable bonds is 4. The van der Waals surface area contributed by atoms with Crippen LogP contribution in [0.15, 0.2) is 24.3 Å². The van der Waals surface area contributed by atoms with E-state index in [2.05, 4.69) is 12.6 Å². The van der Waals surface area contributed by atoms with Crippen molar-refractivity contribution in [2.75, 3.05) is 19.0 Å². The number of benzene rings is 1. The molecule has 5 heteroatoms. The summed E-state index contributed by atoms with van der Waals surface area (Å²) in [6.45, 7) is 0. The summed E-state index contributed by atoms with van der Waals surface area (Å²) in [5.74, 6) is -1.04. The first-order valence-corrected chi connectivity index (χ1v) is 5.39. The van der Waals surface area contributed by atoms with Gasteiger partial charge in [0.25, 0.3) is 0 Å². The van der Waals surface area contributed by atoms with Gasteiger partial charge in [-0.3, -0.25) is 4.79 Å². The van der Waals surface area contributed by atoms with Crippen molar-refractivity contribution in [1.29, 1.82) is 0 Å². The topological polar surface area (TPSA) is 66.6 Å². The molecule has 3 N–H and O–H groups in total. The van der Waals surface area contributed by atoms with Gasteiger partial charge in [0, 0.05) is 19.8 Å². The lowest BCUT2D eigenvalue weighted by atomic mass is 10.1. The Bertz CT molecular complexity index is 365. The molecular weight excluding hydrogens is 224 g/mol. The first kappa shape index (κ1) is 12.9. The van der Waals surface area contributed by atoms with Gasteiger partial charge in [-0.15, -0.1) is 0 Å². The van der Waals surface area contributed by atoms with E-state index in [0.29, 0.717) is 0 Å². The van der Waals surface area contributed by atoms with E-state index >= 15 is 0 Å². The SMILES string of the molecule is CN(C)c1ccc(C(S)C(N)C(=O)O)cc1. The van der Waals surface area contributed by atoms with Crippen LogP contribution in [0.1, 0.15) is 10.8 Å². The number of carbonyl (C=O) groups is 1. The first-order chi connectivity index (χ1) is 7.43. The van der Waals surface area contributed by atoms with Gasteiger partial charge in [0.05, 0.1) is 5.25 Å². The number of hydrogen-bond donors (Lipinski definition) is 3. The molecule has 1 aromatic carbocycles. The van der Waals surface area contributed by atoms with E-state index in [4.69, 9.17) is 10.8 Å². The summed E-state index contributed by atoms with van der Waals surface area (Å²) in [7, 11) is 3.88. The molecule has 4 nitrogen and oxygen atoms in total. The molecule has 16 heavy (non-hydrogen) atoms. The van der Waals surface area contributed by atoms with Crippen molar-refractivity contribution >= 4 is 24.3 Å². The second-order valence-corrected chi connectivity index (χ2v) is 4.35. The van der Waals surface area contributed by atoms with Crippen LogP contribution < -0.4 is 10.6 Å². The molecule has 88 valence electrons. The zero-order chi connectivity index (χ0) is 12.3. The molecule has 0 radical (unpaired) electrons. The smallest absolute Gasteiger partial charge is 0.321 e. The number of nitrogens with two attached hydrogens (primary N) is 1. The number of carboxylic acid groups (broad SMARTS) is 1. The third-order valence-corrected chi connectivity index (χ3v) is 3.00. The molecule has 0 saturated heterocycles. The molecule has 0 aliphatic heterocycles. The van der Waals surface area contributed by atoms with E-state index in [0.717, 1.165) is 11.3 Å². The molecule has 0 bridgehead atoms. The molecule has 1 aromatic rings. The van der Waals surface area contributed by atoms with Crippen molar-refractivity contribution in [1.82, 2.24) is 0 Å². The fourth-order valence-corrected chi connectivity index (χ4v) is 1.61. The highest BCUT2D eigenvalue weighted by molar-refractivity contribution is 7.80. The molecular formula is C11H16N2O2S. The van der Waals surface area contributed by atoms with Crippen LogP contribution in [-0.2, 0) is 4.79 Å². The Hall–Kier alpha value is -1.20. The van der Waals surface area contributed by atoms with Crippen LogP contribution in [0, 0.1) is 0 Å². The maximum absolute atomic E-state index is 10.7. The van der Waals surface area contributed by atoms with E-state index in [1.807, 2.05) is 43.3 Å². The van der Waals surface area contributed by atoms with Gasteiger partial charge in [-0.1, -0.05) is 12.1 Å². The number of carboxylic acids is 1. The van der Waals surface area contributed by atoms with Crippen LogP contribution >= 0.6 is 12.6 Å². The number of hydrogen-bond acceptors (Lipinski definition) is 4. The Morgan fingerprint density at radius 2 is 1.88 bits per heavy atom. The van der Waals surface area contributed by atoms with Crippen molar-refractivity contribution in [3.8, 4) is 0 Å². The highest BCUT2D eigenvalue weighted by atomic mass is 32.1. The first-order valence-electron chi connectivity index (χ1n) is 4.87. The molecule has 1 rings (SSSR count). The van der Waals surface area contributed by atoms with Crippen LogP contribution in [0.3, 0.4) is 0 Å². The standard InChI is InChI=1S/C11H16N2O2S/c1-13(2)8-5-3-7(4-6-8)10(16)9(12)11(14)15/h3-6,9-10,16H,12H2,1-2H3,(H,14,15). The number of aliphatic carboxylic acids is 1. The lowest BCUT2D eigenvalue weighted by Crippen LogP contribution is -2.34. The lowest BCUT2D eigenvalue weighted by molar-refractivity contribution is -0.138. The van der Waals surface area contributed by atoms with Crippen LogP contribution in [0.25, 0.3) is 0 Å². The minimum absolute atomic E-state index is 0.492. The fourth-order valence-electron chi connectivity index (χ4n) is 1.31. The number of thiol groups is 1. The summed E-state index contributed by atoms with van der Waals surface area (Å²) < 4.78 is 0. The van der Waals surface area contributed by atoms with E-state index in [1.165, 1.54) is 0 Å². The van der Waals surface area contributed by atoms with Gasteiger partial charge in [0.15, 0.2) is 0 Å². The Kier molecular flexibility index (Phi) is 4.20. The predicted molar refractivity (Wildman–Crippen MR) is 68.1 cm³/mol. The largest absolute Gasteiger partial charge is 0.480 e. The van der Waals surface area contributed by atoms with E-state index in [-0.39, 0.29) is 0 Å². The Balaban J connectivity index is 2.85. The van der Waals surface area contributed by atoms with E-state index in [9.17, 15) is 4.79 Å². The average molecular weight is 240 g/mol. The van der Waals surface area contributed by atoms with Crippen LogP contribution in [0.5, 0.6) is 0 Å². The van der Waals surface area contributed by atoms with Gasteiger partial charge in [0.1, 0.15) is 6.04 Å². The Labute approximate surface area is 100 Å². The summed E-state index contributed by atoms with van der Waals surface area (Å²) in [6, 6.07) is 6.51. The molecule has 0 spiro atoms. The van der Waals surface area contributed by atoms with Crippen molar-refractivity contribution in [2.24, 2.45) is 5.73 Å². The maximum atomic E-state index is 10.7. The molecule has 2 atom stereocenters. The quantitative estimate of drug-likeness (QED) is 0.690. The maximum Gasteiger partial charge on any atom is 0.321 e. The van der Waals surface area contributed by atoms with Crippen LogP contribution in [0.4, 0.5) is 5.69 Å². The molecule has 0 aliphatic rings. The highest BCUT2D eigenvalue weighted by Gasteiger charge is 2.22. The zero-order valence-electron chi connectivity index (χ0n) is 9.29. The highest BCUT2D eigenvalue weighted by Crippen LogP contribution is 2.24. The van der Waals surface area contributed by atoms with E-state index < -0.39 is 17.3 Å². The molecule has 2 unspecified atom stereocenters. The molecule has 0 saturated carbocycles. The summed E-state index contributed by atoms with van der Waals surface area (Å²) in [5.41, 5.74) is 7.36. The molecule has 0 fully saturated rings. The summed E-state index contributed by atoms with van der Waals surface area (Å²) in [5, 5.41) is 8.28.